The topological polar surface area (TPSA) is 98.5 Å². The van der Waals surface area contributed by atoms with Crippen molar-refractivity contribution < 1.29 is 23.5 Å². The van der Waals surface area contributed by atoms with Crippen molar-refractivity contribution in [2.24, 2.45) is 5.73 Å². The number of carbonyl (C=O) groups is 3. The van der Waals surface area contributed by atoms with Crippen LogP contribution < -0.4 is 11.1 Å². The van der Waals surface area contributed by atoms with Gasteiger partial charge in [0.05, 0.1) is 0 Å². The minimum Gasteiger partial charge on any atom is -0.451 e. The molecule has 102 valence electrons. The van der Waals surface area contributed by atoms with Gasteiger partial charge in [0, 0.05) is 5.56 Å². The molecule has 0 saturated heterocycles. The molecule has 0 radical (unpaired) electrons. The number of benzene rings is 1. The lowest BCUT2D eigenvalue weighted by molar-refractivity contribution is -0.152. The van der Waals surface area contributed by atoms with E-state index in [4.69, 9.17) is 5.73 Å². The predicted molar refractivity (Wildman–Crippen MR) is 63.5 cm³/mol. The van der Waals surface area contributed by atoms with Crippen LogP contribution in [0.2, 0.25) is 0 Å². The first-order valence-electron chi connectivity index (χ1n) is 5.42. The van der Waals surface area contributed by atoms with Crippen LogP contribution in [0, 0.1) is 5.82 Å². The van der Waals surface area contributed by atoms with Gasteiger partial charge in [0.25, 0.3) is 11.8 Å². The summed E-state index contributed by atoms with van der Waals surface area (Å²) in [6.07, 6.45) is -1.07. The van der Waals surface area contributed by atoms with Crippen molar-refractivity contribution in [2.45, 2.75) is 13.0 Å². The molecule has 2 amide bonds. The predicted octanol–water partition coefficient (Wildman–Crippen LogP) is -0.0275. The van der Waals surface area contributed by atoms with E-state index in [1.54, 1.807) is 0 Å². The third-order valence-corrected chi connectivity index (χ3v) is 2.19. The first-order valence-corrected chi connectivity index (χ1v) is 5.42. The number of primary amides is 1. The second kappa shape index (κ2) is 6.48. The number of ether oxygens (including phenoxy) is 1. The second-order valence-corrected chi connectivity index (χ2v) is 3.73. The molecule has 0 spiro atoms. The minimum absolute atomic E-state index is 0.0794. The first kappa shape index (κ1) is 14.6. The highest BCUT2D eigenvalue weighted by molar-refractivity contribution is 5.96. The van der Waals surface area contributed by atoms with Crippen molar-refractivity contribution in [1.82, 2.24) is 5.32 Å². The molecule has 0 unspecified atom stereocenters. The number of nitrogens with one attached hydrogen (secondary N) is 1. The highest BCUT2D eigenvalue weighted by Crippen LogP contribution is 2.02. The fourth-order valence-corrected chi connectivity index (χ4v) is 1.18. The Labute approximate surface area is 108 Å². The summed E-state index contributed by atoms with van der Waals surface area (Å²) in [5.74, 6) is -2.78. The van der Waals surface area contributed by atoms with Crippen molar-refractivity contribution in [3.63, 3.8) is 0 Å². The van der Waals surface area contributed by atoms with Gasteiger partial charge in [0.1, 0.15) is 12.4 Å². The fraction of sp³-hybridized carbons (Fsp3) is 0.250. The molecule has 1 aromatic rings. The first-order chi connectivity index (χ1) is 8.90. The van der Waals surface area contributed by atoms with Crippen LogP contribution in [0.4, 0.5) is 4.39 Å². The minimum atomic E-state index is -1.07. The number of halogens is 1. The number of hydrogen-bond donors (Lipinski definition) is 2. The molecular weight excluding hydrogens is 255 g/mol. The summed E-state index contributed by atoms with van der Waals surface area (Å²) in [4.78, 5) is 33.4. The summed E-state index contributed by atoms with van der Waals surface area (Å²) in [5, 5.41) is 2.24. The standard InChI is InChI=1S/C12H13FN2O4/c1-7(11(14)17)19-10(16)6-15-12(18)8-3-2-4-9(13)5-8/h2-5,7H,6H2,1H3,(H2,14,17)(H,15,18)/t7-/m0/s1. The number of rotatable bonds is 5. The molecule has 0 bridgehead atoms. The molecule has 1 aromatic carbocycles. The van der Waals surface area contributed by atoms with E-state index in [-0.39, 0.29) is 5.56 Å². The normalized spacial score (nSPS) is 11.5. The molecule has 19 heavy (non-hydrogen) atoms. The largest absolute Gasteiger partial charge is 0.451 e. The van der Waals surface area contributed by atoms with Gasteiger partial charge in [-0.2, -0.15) is 0 Å². The maximum absolute atomic E-state index is 12.9. The van der Waals surface area contributed by atoms with E-state index in [9.17, 15) is 18.8 Å². The van der Waals surface area contributed by atoms with Crippen molar-refractivity contribution in [3.05, 3.63) is 35.6 Å². The van der Waals surface area contributed by atoms with Gasteiger partial charge in [-0.1, -0.05) is 6.07 Å². The third kappa shape index (κ3) is 4.74. The van der Waals surface area contributed by atoms with E-state index in [2.05, 4.69) is 10.1 Å². The van der Waals surface area contributed by atoms with Gasteiger partial charge >= 0.3 is 5.97 Å². The van der Waals surface area contributed by atoms with Crippen LogP contribution in [0.15, 0.2) is 24.3 Å². The molecule has 6 nitrogen and oxygen atoms in total. The lowest BCUT2D eigenvalue weighted by Crippen LogP contribution is -2.36. The summed E-state index contributed by atoms with van der Waals surface area (Å²) in [7, 11) is 0. The summed E-state index contributed by atoms with van der Waals surface area (Å²) in [6.45, 7) is 0.877. The summed E-state index contributed by atoms with van der Waals surface area (Å²) in [5.41, 5.74) is 4.98. The lowest BCUT2D eigenvalue weighted by Gasteiger charge is -2.10. The molecule has 1 atom stereocenters. The molecule has 0 aromatic heterocycles. The van der Waals surface area contributed by atoms with E-state index < -0.39 is 36.2 Å². The van der Waals surface area contributed by atoms with Crippen LogP contribution in [0.5, 0.6) is 0 Å². The fourth-order valence-electron chi connectivity index (χ4n) is 1.18. The van der Waals surface area contributed by atoms with Gasteiger partial charge in [0.15, 0.2) is 6.10 Å². The summed E-state index contributed by atoms with van der Waals surface area (Å²) < 4.78 is 17.5. The van der Waals surface area contributed by atoms with Crippen molar-refractivity contribution >= 4 is 17.8 Å². The Morgan fingerprint density at radius 3 is 2.68 bits per heavy atom. The SMILES string of the molecule is C[C@H](OC(=O)CNC(=O)c1cccc(F)c1)C(N)=O. The van der Waals surface area contributed by atoms with Crippen molar-refractivity contribution in [3.8, 4) is 0 Å². The Kier molecular flexibility index (Phi) is 4.99. The number of hydrogen-bond acceptors (Lipinski definition) is 4. The lowest BCUT2D eigenvalue weighted by atomic mass is 10.2. The van der Waals surface area contributed by atoms with Gasteiger partial charge in [-0.25, -0.2) is 4.39 Å². The summed E-state index contributed by atoms with van der Waals surface area (Å²) >= 11 is 0. The van der Waals surface area contributed by atoms with E-state index in [0.29, 0.717) is 0 Å². The number of amides is 2. The van der Waals surface area contributed by atoms with Crippen molar-refractivity contribution in [2.75, 3.05) is 6.54 Å². The van der Waals surface area contributed by atoms with E-state index in [1.807, 2.05) is 0 Å². The van der Waals surface area contributed by atoms with E-state index >= 15 is 0 Å². The molecule has 0 heterocycles. The highest BCUT2D eigenvalue weighted by Gasteiger charge is 2.15. The van der Waals surface area contributed by atoms with Gasteiger partial charge in [-0.3, -0.25) is 14.4 Å². The number of nitrogens with two attached hydrogens (primary N) is 1. The average molecular weight is 268 g/mol. The summed E-state index contributed by atoms with van der Waals surface area (Å²) in [6, 6.07) is 5.00. The molecule has 0 aliphatic carbocycles. The van der Waals surface area contributed by atoms with Gasteiger partial charge in [0.2, 0.25) is 0 Å². The molecule has 0 saturated carbocycles. The van der Waals surface area contributed by atoms with Crippen LogP contribution in [0.25, 0.3) is 0 Å². The smallest absolute Gasteiger partial charge is 0.326 e. The second-order valence-electron chi connectivity index (χ2n) is 3.73. The Morgan fingerprint density at radius 2 is 2.11 bits per heavy atom. The quantitative estimate of drug-likeness (QED) is 0.733. The zero-order chi connectivity index (χ0) is 14.4. The Bertz CT molecular complexity index is 504. The highest BCUT2D eigenvalue weighted by atomic mass is 19.1. The van der Waals surface area contributed by atoms with Crippen LogP contribution in [-0.4, -0.2) is 30.4 Å². The van der Waals surface area contributed by atoms with Crippen LogP contribution >= 0.6 is 0 Å². The molecule has 0 aliphatic rings. The third-order valence-electron chi connectivity index (χ3n) is 2.19. The van der Waals surface area contributed by atoms with E-state index in [0.717, 1.165) is 6.07 Å². The molecular formula is C12H13FN2O4. The zero-order valence-electron chi connectivity index (χ0n) is 10.2. The van der Waals surface area contributed by atoms with Crippen molar-refractivity contribution in [1.29, 1.82) is 0 Å². The molecule has 1 rings (SSSR count). The van der Waals surface area contributed by atoms with Gasteiger partial charge in [-0.15, -0.1) is 0 Å². The Hall–Kier alpha value is -2.44. The number of carbonyl (C=O) groups excluding carboxylic acids is 3. The molecule has 3 N–H and O–H groups in total. The maximum Gasteiger partial charge on any atom is 0.326 e. The average Bonchev–Trinajstić information content (AvgIpc) is 2.35. The monoisotopic (exact) mass is 268 g/mol. The van der Waals surface area contributed by atoms with Crippen LogP contribution in [0.1, 0.15) is 17.3 Å². The van der Waals surface area contributed by atoms with Gasteiger partial charge in [-0.05, 0) is 25.1 Å². The molecule has 0 fully saturated rings. The Balaban J connectivity index is 2.46. The maximum atomic E-state index is 12.9. The van der Waals surface area contributed by atoms with Crippen LogP contribution in [0.3, 0.4) is 0 Å². The van der Waals surface area contributed by atoms with Gasteiger partial charge < -0.3 is 15.8 Å². The van der Waals surface area contributed by atoms with E-state index in [1.165, 1.54) is 25.1 Å². The Morgan fingerprint density at radius 1 is 1.42 bits per heavy atom. The molecule has 0 aliphatic heterocycles. The number of esters is 1. The molecule has 7 heteroatoms. The van der Waals surface area contributed by atoms with Crippen LogP contribution in [-0.2, 0) is 14.3 Å². The zero-order valence-corrected chi connectivity index (χ0v) is 10.2.